The van der Waals surface area contributed by atoms with Crippen LogP contribution in [0.1, 0.15) is 149 Å². The first-order chi connectivity index (χ1) is 15.2. The molecule has 1 atom stereocenters. The third-order valence-corrected chi connectivity index (χ3v) is 8.53. The number of terminal acetylenes is 1. The van der Waals surface area contributed by atoms with E-state index in [1.165, 1.54) is 153 Å². The molecule has 0 rings (SSSR count). The van der Waals surface area contributed by atoms with Crippen LogP contribution in [0.15, 0.2) is 0 Å². The van der Waals surface area contributed by atoms with Crippen LogP contribution < -0.4 is 0 Å². The van der Waals surface area contributed by atoms with Crippen LogP contribution in [0.3, 0.4) is 0 Å². The molecular formula is C29H57IN+. The van der Waals surface area contributed by atoms with Crippen molar-refractivity contribution >= 4 is 22.6 Å². The smallest absolute Gasteiger partial charge is 0.200 e. The summed E-state index contributed by atoms with van der Waals surface area (Å²) in [5, 5.41) is 0. The molecule has 0 heterocycles. The highest BCUT2D eigenvalue weighted by Crippen LogP contribution is 2.25. The summed E-state index contributed by atoms with van der Waals surface area (Å²) in [6.45, 7) is 10.8. The van der Waals surface area contributed by atoms with Gasteiger partial charge in [0.15, 0.2) is 0 Å². The third-order valence-electron chi connectivity index (χ3n) is 6.99. The fourth-order valence-electron chi connectivity index (χ4n) is 4.81. The number of nitrogens with zero attached hydrogens (tertiary/aromatic N) is 1. The standard InChI is InChI=1S/C29H57IN/c1-5-9-12-15-16-17-18-19-22-25-28-31(29(30)8-4,26-23-20-13-10-6-2)27-24-21-14-11-7-3/h4,29H,5-7,9-28H2,1-3H3/q+1. The summed E-state index contributed by atoms with van der Waals surface area (Å²) in [5.41, 5.74) is 0. The van der Waals surface area contributed by atoms with Crippen molar-refractivity contribution in [3.63, 3.8) is 0 Å². The zero-order valence-corrected chi connectivity index (χ0v) is 23.9. The third kappa shape index (κ3) is 17.4. The van der Waals surface area contributed by atoms with Crippen molar-refractivity contribution in [1.82, 2.24) is 0 Å². The molecule has 0 amide bonds. The van der Waals surface area contributed by atoms with Crippen LogP contribution in [0.4, 0.5) is 0 Å². The second-order valence-corrected chi connectivity index (χ2v) is 11.1. The first-order valence-electron chi connectivity index (χ1n) is 14.1. The van der Waals surface area contributed by atoms with Gasteiger partial charge in [0, 0.05) is 22.6 Å². The first kappa shape index (κ1) is 31.2. The number of alkyl halides is 1. The van der Waals surface area contributed by atoms with Crippen molar-refractivity contribution in [2.45, 2.75) is 153 Å². The highest BCUT2D eigenvalue weighted by atomic mass is 127. The Morgan fingerprint density at radius 1 is 0.516 bits per heavy atom. The molecule has 0 spiro atoms. The minimum Gasteiger partial charge on any atom is -0.303 e. The quantitative estimate of drug-likeness (QED) is 0.0282. The maximum Gasteiger partial charge on any atom is 0.200 e. The van der Waals surface area contributed by atoms with Gasteiger partial charge in [0.25, 0.3) is 0 Å². The molecule has 0 aliphatic rings. The fourth-order valence-corrected chi connectivity index (χ4v) is 5.64. The summed E-state index contributed by atoms with van der Waals surface area (Å²) in [5.74, 6) is 3.15. The van der Waals surface area contributed by atoms with E-state index in [4.69, 9.17) is 6.42 Å². The van der Waals surface area contributed by atoms with Gasteiger partial charge in [0.2, 0.25) is 4.05 Å². The van der Waals surface area contributed by atoms with Crippen molar-refractivity contribution in [2.75, 3.05) is 19.6 Å². The molecule has 0 bridgehead atoms. The van der Waals surface area contributed by atoms with Crippen LogP contribution in [0.5, 0.6) is 0 Å². The molecular weight excluding hydrogens is 489 g/mol. The van der Waals surface area contributed by atoms with E-state index < -0.39 is 0 Å². The van der Waals surface area contributed by atoms with Gasteiger partial charge in [-0.15, -0.1) is 6.42 Å². The summed E-state index contributed by atoms with van der Waals surface area (Å²) in [6.07, 6.45) is 33.9. The van der Waals surface area contributed by atoms with Gasteiger partial charge in [0.05, 0.1) is 19.6 Å². The Morgan fingerprint density at radius 2 is 0.774 bits per heavy atom. The SMILES string of the molecule is C#CC(I)[N+](CCCCCCC)(CCCCCCC)CCCCCCCCCCCC. The van der Waals surface area contributed by atoms with Gasteiger partial charge in [-0.25, -0.2) is 0 Å². The van der Waals surface area contributed by atoms with E-state index in [9.17, 15) is 0 Å². The molecule has 184 valence electrons. The molecule has 1 unspecified atom stereocenters. The van der Waals surface area contributed by atoms with Crippen molar-refractivity contribution in [3.8, 4) is 12.3 Å². The zero-order chi connectivity index (χ0) is 23.0. The summed E-state index contributed by atoms with van der Waals surface area (Å²) < 4.78 is 1.53. The minimum atomic E-state index is 0.341. The molecule has 0 saturated carbocycles. The largest absolute Gasteiger partial charge is 0.303 e. The molecule has 0 aromatic rings. The Labute approximate surface area is 211 Å². The summed E-state index contributed by atoms with van der Waals surface area (Å²) in [7, 11) is 0. The van der Waals surface area contributed by atoms with E-state index in [0.717, 1.165) is 0 Å². The first-order valence-corrected chi connectivity index (χ1v) is 15.4. The molecule has 0 radical (unpaired) electrons. The number of halogens is 1. The number of hydrogen-bond donors (Lipinski definition) is 0. The maximum atomic E-state index is 6.01. The van der Waals surface area contributed by atoms with Gasteiger partial charge in [0.1, 0.15) is 0 Å². The van der Waals surface area contributed by atoms with E-state index in [1.807, 2.05) is 0 Å². The lowest BCUT2D eigenvalue weighted by Gasteiger charge is -2.41. The lowest BCUT2D eigenvalue weighted by atomic mass is 10.1. The van der Waals surface area contributed by atoms with Gasteiger partial charge < -0.3 is 4.48 Å². The van der Waals surface area contributed by atoms with Crippen LogP contribution in [0, 0.1) is 12.3 Å². The Morgan fingerprint density at radius 3 is 1.03 bits per heavy atom. The molecule has 0 aromatic carbocycles. The van der Waals surface area contributed by atoms with Gasteiger partial charge in [-0.3, -0.25) is 0 Å². The minimum absolute atomic E-state index is 0.341. The molecule has 0 aliphatic carbocycles. The molecule has 1 nitrogen and oxygen atoms in total. The topological polar surface area (TPSA) is 0 Å². The predicted molar refractivity (Wildman–Crippen MR) is 151 cm³/mol. The Kier molecular flexibility index (Phi) is 23.6. The van der Waals surface area contributed by atoms with Crippen molar-refractivity contribution < 1.29 is 4.48 Å². The maximum absolute atomic E-state index is 6.01. The average molecular weight is 547 g/mol. The van der Waals surface area contributed by atoms with Crippen LogP contribution in [0.2, 0.25) is 0 Å². The number of rotatable bonds is 24. The Bertz CT molecular complexity index is 386. The van der Waals surface area contributed by atoms with Gasteiger partial charge in [-0.2, -0.15) is 0 Å². The van der Waals surface area contributed by atoms with Crippen LogP contribution in [-0.2, 0) is 0 Å². The Hall–Kier alpha value is 0.250. The van der Waals surface area contributed by atoms with Crippen molar-refractivity contribution in [3.05, 3.63) is 0 Å². The highest BCUT2D eigenvalue weighted by Gasteiger charge is 2.32. The second-order valence-electron chi connectivity index (χ2n) is 9.90. The molecule has 0 aliphatic heterocycles. The normalized spacial score (nSPS) is 12.7. The average Bonchev–Trinajstić information content (AvgIpc) is 2.78. The zero-order valence-electron chi connectivity index (χ0n) is 21.7. The van der Waals surface area contributed by atoms with Crippen molar-refractivity contribution in [1.29, 1.82) is 0 Å². The summed E-state index contributed by atoms with van der Waals surface area (Å²) >= 11 is 2.58. The summed E-state index contributed by atoms with van der Waals surface area (Å²) in [6, 6.07) is 0. The van der Waals surface area contributed by atoms with E-state index >= 15 is 0 Å². The van der Waals surface area contributed by atoms with Gasteiger partial charge in [-0.1, -0.05) is 111 Å². The molecule has 0 saturated heterocycles. The molecule has 0 N–H and O–H groups in total. The lowest BCUT2D eigenvalue weighted by molar-refractivity contribution is -0.927. The van der Waals surface area contributed by atoms with Crippen LogP contribution in [-0.4, -0.2) is 28.2 Å². The van der Waals surface area contributed by atoms with Crippen molar-refractivity contribution in [2.24, 2.45) is 0 Å². The molecule has 0 fully saturated rings. The predicted octanol–water partition coefficient (Wildman–Crippen LogP) is 10.1. The Balaban J connectivity index is 4.47. The molecule has 2 heteroatoms. The number of quaternary nitrogens is 1. The lowest BCUT2D eigenvalue weighted by Crippen LogP contribution is -2.54. The molecule has 0 aromatic heterocycles. The van der Waals surface area contributed by atoms with Gasteiger partial charge >= 0.3 is 0 Å². The monoisotopic (exact) mass is 546 g/mol. The van der Waals surface area contributed by atoms with Crippen LogP contribution in [0.25, 0.3) is 0 Å². The van der Waals surface area contributed by atoms with E-state index in [1.54, 1.807) is 0 Å². The number of hydrogen-bond acceptors (Lipinski definition) is 0. The fraction of sp³-hybridized carbons (Fsp3) is 0.931. The highest BCUT2D eigenvalue weighted by molar-refractivity contribution is 14.1. The molecule has 31 heavy (non-hydrogen) atoms. The summed E-state index contributed by atoms with van der Waals surface area (Å²) in [4.78, 5) is 0. The number of unbranched alkanes of at least 4 members (excludes halogenated alkanes) is 17. The second kappa shape index (κ2) is 23.4. The van der Waals surface area contributed by atoms with E-state index in [2.05, 4.69) is 49.3 Å². The van der Waals surface area contributed by atoms with E-state index in [0.29, 0.717) is 4.05 Å². The van der Waals surface area contributed by atoms with Gasteiger partial charge in [-0.05, 0) is 44.4 Å². The van der Waals surface area contributed by atoms with Crippen LogP contribution >= 0.6 is 22.6 Å². The van der Waals surface area contributed by atoms with E-state index in [-0.39, 0.29) is 0 Å².